The van der Waals surface area contributed by atoms with E-state index >= 15 is 0 Å². The number of likely N-dealkylation sites (tertiary alicyclic amines) is 1. The van der Waals surface area contributed by atoms with Gasteiger partial charge in [0.25, 0.3) is 0 Å². The monoisotopic (exact) mass is 270 g/mol. The van der Waals surface area contributed by atoms with Gasteiger partial charge in [-0.2, -0.15) is 0 Å². The lowest BCUT2D eigenvalue weighted by Crippen LogP contribution is -2.46. The standard InChI is InChI=1S/C14H26N2O3/c1-4-6-9-15(3)13(17)12-8-7-10-16(11-12)14(18)19-5-2/h12H,4-11H2,1-3H3. The van der Waals surface area contributed by atoms with E-state index in [9.17, 15) is 9.59 Å². The van der Waals surface area contributed by atoms with Crippen molar-refractivity contribution in [1.82, 2.24) is 9.80 Å². The lowest BCUT2D eigenvalue weighted by molar-refractivity contribution is -0.135. The third kappa shape index (κ3) is 4.73. The molecule has 1 saturated heterocycles. The molecule has 0 aromatic rings. The lowest BCUT2D eigenvalue weighted by atomic mass is 9.97. The smallest absolute Gasteiger partial charge is 0.409 e. The van der Waals surface area contributed by atoms with Gasteiger partial charge >= 0.3 is 6.09 Å². The predicted octanol–water partition coefficient (Wildman–Crippen LogP) is 2.11. The molecular weight excluding hydrogens is 244 g/mol. The summed E-state index contributed by atoms with van der Waals surface area (Å²) in [7, 11) is 1.85. The van der Waals surface area contributed by atoms with E-state index in [1.165, 1.54) is 0 Å². The fourth-order valence-electron chi connectivity index (χ4n) is 2.38. The Morgan fingerprint density at radius 2 is 2.11 bits per heavy atom. The van der Waals surface area contributed by atoms with Crippen LogP contribution >= 0.6 is 0 Å². The number of piperidine rings is 1. The van der Waals surface area contributed by atoms with Gasteiger partial charge in [0.05, 0.1) is 12.5 Å². The maximum absolute atomic E-state index is 12.3. The molecule has 5 nitrogen and oxygen atoms in total. The van der Waals surface area contributed by atoms with Crippen LogP contribution in [0, 0.1) is 5.92 Å². The molecule has 5 heteroatoms. The number of carbonyl (C=O) groups is 2. The van der Waals surface area contributed by atoms with Gasteiger partial charge in [-0.15, -0.1) is 0 Å². The lowest BCUT2D eigenvalue weighted by Gasteiger charge is -2.33. The molecule has 1 unspecified atom stereocenters. The largest absolute Gasteiger partial charge is 0.450 e. The van der Waals surface area contributed by atoms with E-state index in [1.807, 2.05) is 7.05 Å². The molecular formula is C14H26N2O3. The molecule has 0 radical (unpaired) electrons. The Kier molecular flexibility index (Phi) is 6.67. The third-order valence-electron chi connectivity index (χ3n) is 3.52. The number of nitrogens with zero attached hydrogens (tertiary/aromatic N) is 2. The van der Waals surface area contributed by atoms with Crippen LogP contribution in [0.5, 0.6) is 0 Å². The molecule has 110 valence electrons. The highest BCUT2D eigenvalue weighted by molar-refractivity contribution is 5.79. The number of ether oxygens (including phenoxy) is 1. The van der Waals surface area contributed by atoms with Gasteiger partial charge in [-0.3, -0.25) is 4.79 Å². The molecule has 0 aromatic carbocycles. The van der Waals surface area contributed by atoms with Crippen LogP contribution in [0.25, 0.3) is 0 Å². The van der Waals surface area contributed by atoms with Crippen molar-refractivity contribution in [3.05, 3.63) is 0 Å². The van der Waals surface area contributed by atoms with Crippen molar-refractivity contribution in [1.29, 1.82) is 0 Å². The molecule has 0 aromatic heterocycles. The predicted molar refractivity (Wildman–Crippen MR) is 73.9 cm³/mol. The first-order chi connectivity index (χ1) is 9.10. The molecule has 19 heavy (non-hydrogen) atoms. The van der Waals surface area contributed by atoms with E-state index in [1.54, 1.807) is 16.7 Å². The summed E-state index contributed by atoms with van der Waals surface area (Å²) in [6.45, 7) is 6.27. The van der Waals surface area contributed by atoms with Gasteiger partial charge in [0.1, 0.15) is 0 Å². The summed E-state index contributed by atoms with van der Waals surface area (Å²) in [5, 5.41) is 0. The van der Waals surface area contributed by atoms with Crippen molar-refractivity contribution in [2.45, 2.75) is 39.5 Å². The quantitative estimate of drug-likeness (QED) is 0.769. The summed E-state index contributed by atoms with van der Waals surface area (Å²) in [4.78, 5) is 27.4. The molecule has 1 fully saturated rings. The average Bonchev–Trinajstić information content (AvgIpc) is 2.44. The minimum absolute atomic E-state index is 0.0694. The van der Waals surface area contributed by atoms with Gasteiger partial charge in [-0.25, -0.2) is 4.79 Å². The van der Waals surface area contributed by atoms with Crippen LogP contribution in [0.4, 0.5) is 4.79 Å². The zero-order valence-corrected chi connectivity index (χ0v) is 12.4. The van der Waals surface area contributed by atoms with Crippen LogP contribution in [-0.2, 0) is 9.53 Å². The van der Waals surface area contributed by atoms with Crippen molar-refractivity contribution < 1.29 is 14.3 Å². The minimum Gasteiger partial charge on any atom is -0.450 e. The zero-order valence-electron chi connectivity index (χ0n) is 12.4. The first-order valence-electron chi connectivity index (χ1n) is 7.26. The first-order valence-corrected chi connectivity index (χ1v) is 7.26. The topological polar surface area (TPSA) is 49.9 Å². The number of unbranched alkanes of at least 4 members (excludes halogenated alkanes) is 1. The van der Waals surface area contributed by atoms with Crippen molar-refractivity contribution in [2.24, 2.45) is 5.92 Å². The highest BCUT2D eigenvalue weighted by Crippen LogP contribution is 2.19. The highest BCUT2D eigenvalue weighted by atomic mass is 16.6. The van der Waals surface area contributed by atoms with E-state index in [2.05, 4.69) is 6.92 Å². The number of hydrogen-bond donors (Lipinski definition) is 0. The SMILES string of the molecule is CCCCN(C)C(=O)C1CCCN(C(=O)OCC)C1. The van der Waals surface area contributed by atoms with Crippen LogP contribution in [0.2, 0.25) is 0 Å². The number of rotatable bonds is 5. The fraction of sp³-hybridized carbons (Fsp3) is 0.857. The van der Waals surface area contributed by atoms with Crippen LogP contribution in [0.1, 0.15) is 39.5 Å². The molecule has 0 bridgehead atoms. The molecule has 2 amide bonds. The fourth-order valence-corrected chi connectivity index (χ4v) is 2.38. The molecule has 0 spiro atoms. The summed E-state index contributed by atoms with van der Waals surface area (Å²) < 4.78 is 5.00. The molecule has 1 heterocycles. The summed E-state index contributed by atoms with van der Waals surface area (Å²) in [6, 6.07) is 0. The van der Waals surface area contributed by atoms with Gasteiger partial charge in [0.2, 0.25) is 5.91 Å². The minimum atomic E-state index is -0.295. The van der Waals surface area contributed by atoms with Crippen molar-refractivity contribution >= 4 is 12.0 Å². The summed E-state index contributed by atoms with van der Waals surface area (Å²) in [6.07, 6.45) is 3.55. The summed E-state index contributed by atoms with van der Waals surface area (Å²) >= 11 is 0. The van der Waals surface area contributed by atoms with E-state index in [0.717, 1.165) is 32.2 Å². The zero-order chi connectivity index (χ0) is 14.3. The first kappa shape index (κ1) is 15.8. The van der Waals surface area contributed by atoms with Gasteiger partial charge < -0.3 is 14.5 Å². The second-order valence-corrected chi connectivity index (χ2v) is 5.10. The molecule has 1 rings (SSSR count). The Balaban J connectivity index is 2.49. The number of carbonyl (C=O) groups excluding carboxylic acids is 2. The van der Waals surface area contributed by atoms with E-state index in [-0.39, 0.29) is 17.9 Å². The van der Waals surface area contributed by atoms with E-state index < -0.39 is 0 Å². The van der Waals surface area contributed by atoms with Gasteiger partial charge in [-0.05, 0) is 26.2 Å². The second kappa shape index (κ2) is 8.02. The molecule has 0 N–H and O–H groups in total. The van der Waals surface area contributed by atoms with Crippen LogP contribution in [0.15, 0.2) is 0 Å². The van der Waals surface area contributed by atoms with Crippen LogP contribution in [-0.4, -0.2) is 55.1 Å². The molecule has 1 aliphatic heterocycles. The Hall–Kier alpha value is -1.26. The van der Waals surface area contributed by atoms with Gasteiger partial charge in [0.15, 0.2) is 0 Å². The second-order valence-electron chi connectivity index (χ2n) is 5.10. The Bertz CT molecular complexity index is 307. The Morgan fingerprint density at radius 3 is 2.74 bits per heavy atom. The molecule has 0 saturated carbocycles. The van der Waals surface area contributed by atoms with Crippen molar-refractivity contribution in [3.63, 3.8) is 0 Å². The maximum Gasteiger partial charge on any atom is 0.409 e. The number of hydrogen-bond acceptors (Lipinski definition) is 3. The van der Waals surface area contributed by atoms with Crippen LogP contribution < -0.4 is 0 Å². The normalized spacial score (nSPS) is 19.1. The summed E-state index contributed by atoms with van der Waals surface area (Å²) in [5.41, 5.74) is 0. The van der Waals surface area contributed by atoms with Crippen LogP contribution in [0.3, 0.4) is 0 Å². The summed E-state index contributed by atoms with van der Waals surface area (Å²) in [5.74, 6) is 0.0856. The molecule has 1 aliphatic rings. The molecule has 0 aliphatic carbocycles. The van der Waals surface area contributed by atoms with E-state index in [4.69, 9.17) is 4.74 Å². The highest BCUT2D eigenvalue weighted by Gasteiger charge is 2.30. The maximum atomic E-state index is 12.3. The third-order valence-corrected chi connectivity index (χ3v) is 3.52. The average molecular weight is 270 g/mol. The molecule has 1 atom stereocenters. The van der Waals surface area contributed by atoms with Crippen molar-refractivity contribution in [3.8, 4) is 0 Å². The Labute approximate surface area is 115 Å². The van der Waals surface area contributed by atoms with Crippen molar-refractivity contribution in [2.75, 3.05) is 33.3 Å². The van der Waals surface area contributed by atoms with E-state index in [0.29, 0.717) is 19.7 Å². The number of amides is 2. The van der Waals surface area contributed by atoms with Gasteiger partial charge in [-0.1, -0.05) is 13.3 Å². The Morgan fingerprint density at radius 1 is 1.37 bits per heavy atom. The van der Waals surface area contributed by atoms with Gasteiger partial charge in [0, 0.05) is 26.7 Å².